The number of rotatable bonds is 10. The third-order valence-electron chi connectivity index (χ3n) is 14.4. The van der Waals surface area contributed by atoms with Crippen LogP contribution in [-0.2, 0) is 40.8 Å². The van der Waals surface area contributed by atoms with Crippen LogP contribution < -0.4 is 5.32 Å². The van der Waals surface area contributed by atoms with Gasteiger partial charge in [0.2, 0.25) is 0 Å². The van der Waals surface area contributed by atoms with Crippen molar-refractivity contribution in [3.8, 4) is 17.1 Å². The number of nitrogens with one attached hydrogen (secondary N) is 1. The SMILES string of the molecule is CS(=O)(=O)CCBr.Cn1cc(-n2ncc3cc(Cl)c(Br)cc32)cn1.Cn1cc(-n2ncc3cc(Cl)c(C4CCN(CCS(C)(=O)=O)CC4)cc32)cn1.Cn1cc(-n2ncc3cc(Cl)c(C4CCNCC4)cc32)cn1.IC1CCCCC1. The molecule has 1 aliphatic carbocycles. The molecule has 18 nitrogen and oxygen atoms in total. The van der Waals surface area contributed by atoms with Crippen LogP contribution in [0.2, 0.25) is 15.1 Å². The van der Waals surface area contributed by atoms with Crippen molar-refractivity contribution in [1.82, 2.24) is 68.9 Å². The first kappa shape index (κ1) is 63.1. The largest absolute Gasteiger partial charge is 0.317 e. The highest BCUT2D eigenvalue weighted by molar-refractivity contribution is 14.1. The molecule has 12 rings (SSSR count). The summed E-state index contributed by atoms with van der Waals surface area (Å²) in [4.78, 5) is 2.23. The molecule has 2 aliphatic heterocycles. The number of hydrogen-bond acceptors (Lipinski definition) is 12. The first-order chi connectivity index (χ1) is 38.6. The van der Waals surface area contributed by atoms with E-state index in [1.54, 1.807) is 32.6 Å². The van der Waals surface area contributed by atoms with Crippen LogP contribution in [0.15, 0.2) is 96.6 Å². The first-order valence-electron chi connectivity index (χ1n) is 26.8. The number of sulfone groups is 2. The van der Waals surface area contributed by atoms with E-state index in [2.05, 4.69) is 107 Å². The molecule has 9 aromatic rings. The smallest absolute Gasteiger partial charge is 0.148 e. The molecule has 0 radical (unpaired) electrons. The van der Waals surface area contributed by atoms with Gasteiger partial charge < -0.3 is 10.2 Å². The van der Waals surface area contributed by atoms with E-state index in [1.807, 2.05) is 96.6 Å². The third-order valence-corrected chi connectivity index (χ3v) is 20.2. The number of fused-ring (bicyclic) bond motifs is 3. The molecule has 3 aromatic carbocycles. The van der Waals surface area contributed by atoms with Crippen molar-refractivity contribution in [1.29, 1.82) is 0 Å². The minimum Gasteiger partial charge on any atom is -0.317 e. The molecule has 3 fully saturated rings. The predicted octanol–water partition coefficient (Wildman–Crippen LogP) is 11.9. The third kappa shape index (κ3) is 17.6. The lowest BCUT2D eigenvalue weighted by Crippen LogP contribution is -2.36. The Balaban J connectivity index is 0.000000145. The van der Waals surface area contributed by atoms with Crippen molar-refractivity contribution in [2.75, 3.05) is 62.1 Å². The van der Waals surface area contributed by atoms with Crippen molar-refractivity contribution in [2.24, 2.45) is 21.1 Å². The molecule has 0 spiro atoms. The normalized spacial score (nSPS) is 15.8. The molecule has 1 saturated carbocycles. The van der Waals surface area contributed by atoms with Gasteiger partial charge >= 0.3 is 0 Å². The molecule has 81 heavy (non-hydrogen) atoms. The van der Waals surface area contributed by atoms with Gasteiger partial charge in [0.25, 0.3) is 0 Å². The quantitative estimate of drug-likeness (QED) is 0.101. The van der Waals surface area contributed by atoms with Crippen molar-refractivity contribution in [2.45, 2.75) is 73.5 Å². The van der Waals surface area contributed by atoms with Crippen LogP contribution in [0.4, 0.5) is 0 Å². The Bertz CT molecular complexity index is 3770. The fourth-order valence-corrected chi connectivity index (χ4v) is 14.7. The number of likely N-dealkylation sites (tertiary alicyclic amines) is 1. The summed E-state index contributed by atoms with van der Waals surface area (Å²) in [5.74, 6) is 1.33. The minimum atomic E-state index is -2.92. The van der Waals surface area contributed by atoms with Gasteiger partial charge in [0.05, 0.1) is 88.9 Å². The Kier molecular flexibility index (Phi) is 22.4. The van der Waals surface area contributed by atoms with Gasteiger partial charge in [-0.05, 0) is 140 Å². The van der Waals surface area contributed by atoms with Gasteiger partial charge in [-0.3, -0.25) is 14.0 Å². The van der Waals surface area contributed by atoms with Gasteiger partial charge in [-0.25, -0.2) is 30.9 Å². The molecule has 8 heterocycles. The van der Waals surface area contributed by atoms with Gasteiger partial charge in [0, 0.05) is 80.1 Å². The van der Waals surface area contributed by atoms with Crippen molar-refractivity contribution < 1.29 is 16.8 Å². The van der Waals surface area contributed by atoms with Crippen LogP contribution in [-0.4, -0.2) is 146 Å². The molecule has 0 amide bonds. The molecule has 436 valence electrons. The summed E-state index contributed by atoms with van der Waals surface area (Å²) in [6.45, 7) is 4.49. The molecule has 0 atom stereocenters. The minimum absolute atomic E-state index is 0.217. The van der Waals surface area contributed by atoms with Gasteiger partial charge in [-0.1, -0.05) is 92.6 Å². The monoisotopic (exact) mass is 1440 g/mol. The second-order valence-electron chi connectivity index (χ2n) is 20.8. The zero-order chi connectivity index (χ0) is 58.0. The highest BCUT2D eigenvalue weighted by atomic mass is 127. The van der Waals surface area contributed by atoms with Crippen LogP contribution in [0.25, 0.3) is 49.8 Å². The van der Waals surface area contributed by atoms with E-state index in [4.69, 9.17) is 34.8 Å². The summed E-state index contributed by atoms with van der Waals surface area (Å²) < 4.78 is 56.0. The van der Waals surface area contributed by atoms with Crippen LogP contribution in [0, 0.1) is 0 Å². The van der Waals surface area contributed by atoms with E-state index in [0.717, 1.165) is 126 Å². The summed E-state index contributed by atoms with van der Waals surface area (Å²) in [6, 6.07) is 12.2. The average molecular weight is 1450 g/mol. The molecule has 0 bridgehead atoms. The molecule has 3 aliphatic rings. The van der Waals surface area contributed by atoms with E-state index in [0.29, 0.717) is 28.7 Å². The van der Waals surface area contributed by atoms with Crippen LogP contribution in [0.5, 0.6) is 0 Å². The Morgan fingerprint density at radius 3 is 1.32 bits per heavy atom. The van der Waals surface area contributed by atoms with E-state index in [9.17, 15) is 16.8 Å². The number of piperidine rings is 2. The number of aryl methyl sites for hydroxylation is 3. The number of hydrogen-bond donors (Lipinski definition) is 1. The molecular weight excluding hydrogens is 1380 g/mol. The van der Waals surface area contributed by atoms with Gasteiger partial charge in [-0.15, -0.1) is 0 Å². The average Bonchev–Trinajstić information content (AvgIpc) is 4.37. The van der Waals surface area contributed by atoms with E-state index in [-0.39, 0.29) is 11.5 Å². The van der Waals surface area contributed by atoms with Crippen molar-refractivity contribution in [3.63, 3.8) is 0 Å². The van der Waals surface area contributed by atoms with Crippen LogP contribution in [0.3, 0.4) is 0 Å². The van der Waals surface area contributed by atoms with Crippen molar-refractivity contribution in [3.05, 3.63) is 123 Å². The zero-order valence-electron chi connectivity index (χ0n) is 45.9. The number of alkyl halides is 2. The Morgan fingerprint density at radius 2 is 0.963 bits per heavy atom. The zero-order valence-corrected chi connectivity index (χ0v) is 55.2. The Morgan fingerprint density at radius 1 is 0.556 bits per heavy atom. The molecule has 1 N–H and O–H groups in total. The maximum Gasteiger partial charge on any atom is 0.148 e. The second-order valence-corrected chi connectivity index (χ2v) is 30.0. The van der Waals surface area contributed by atoms with E-state index in [1.165, 1.54) is 50.2 Å². The molecule has 2 saturated heterocycles. The van der Waals surface area contributed by atoms with Gasteiger partial charge in [0.15, 0.2) is 0 Å². The lowest BCUT2D eigenvalue weighted by Gasteiger charge is -2.32. The number of benzene rings is 3. The van der Waals surface area contributed by atoms with Gasteiger partial charge in [0.1, 0.15) is 36.7 Å². The molecule has 6 aromatic heterocycles. The molecule has 26 heteroatoms. The summed E-state index contributed by atoms with van der Waals surface area (Å²) in [5, 5.41) is 35.3. The maximum absolute atomic E-state index is 11.4. The fraction of sp³-hybridized carbons (Fsp3) is 0.455. The Hall–Kier alpha value is -3.92. The molecular formula is C55H68Br2Cl3IN14O4S2. The van der Waals surface area contributed by atoms with Crippen LogP contribution in [0.1, 0.15) is 80.8 Å². The lowest BCUT2D eigenvalue weighted by molar-refractivity contribution is 0.223. The van der Waals surface area contributed by atoms with Crippen molar-refractivity contribution >= 4 is 142 Å². The predicted molar refractivity (Wildman–Crippen MR) is 344 cm³/mol. The summed E-state index contributed by atoms with van der Waals surface area (Å²) >= 11 is 28.2. The number of aromatic nitrogens is 12. The highest BCUT2D eigenvalue weighted by Gasteiger charge is 2.25. The summed E-state index contributed by atoms with van der Waals surface area (Å²) in [5.41, 5.74) is 8.30. The molecule has 0 unspecified atom stereocenters. The lowest BCUT2D eigenvalue weighted by atomic mass is 9.89. The maximum atomic E-state index is 11.4. The standard InChI is InChI=1S/C19H24ClN5O2S.C16H18ClN5.C11H8BrClN4.C6H11I.C3H7BrO2S/c1-23-13-16(12-21-23)25-19-10-17(18(20)9-15(19)11-22-25)14-3-5-24(6-4-14)7-8-28(2,26)27;1-21-10-13(9-19-21)22-16-7-14(11-2-4-18-5-3-11)15(17)6-12(16)8-20-22;1-16-6-8(5-14-16)17-11-3-9(12)10(13)2-7(11)4-15-17;7-6-4-2-1-3-5-6;1-7(5,6)3-2-4/h9-14H,3-8H2,1-2H3;6-11,18H,2-5H2,1H3;2-6H,1H3;6H,1-5H2;2-3H2,1H3. The topological polar surface area (TPSA) is 190 Å². The highest BCUT2D eigenvalue weighted by Crippen LogP contribution is 2.37. The fourth-order valence-electron chi connectivity index (χ4n) is 10.0. The Labute approximate surface area is 519 Å². The van der Waals surface area contributed by atoms with E-state index >= 15 is 0 Å². The van der Waals surface area contributed by atoms with Crippen LogP contribution >= 0.6 is 89.3 Å². The van der Waals surface area contributed by atoms with Gasteiger partial charge in [-0.2, -0.15) is 30.6 Å². The van der Waals surface area contributed by atoms with E-state index < -0.39 is 19.7 Å². The number of halogens is 6. The second kappa shape index (κ2) is 28.8. The first-order valence-corrected chi connectivity index (χ1v) is 35.2. The number of nitrogens with zero attached hydrogens (tertiary/aromatic N) is 13. The summed E-state index contributed by atoms with van der Waals surface area (Å²) in [7, 11) is 0.0266. The summed E-state index contributed by atoms with van der Waals surface area (Å²) in [6.07, 6.45) is 30.8.